The molecular weight excluding hydrogens is 404 g/mol. The van der Waals surface area contributed by atoms with Crippen molar-refractivity contribution in [1.82, 2.24) is 15.5 Å². The average molecular weight is 427 g/mol. The Morgan fingerprint density at radius 2 is 1.76 bits per heavy atom. The van der Waals surface area contributed by atoms with Crippen LogP contribution in [0.3, 0.4) is 0 Å². The summed E-state index contributed by atoms with van der Waals surface area (Å²) in [6.07, 6.45) is 0.796. The number of thioether (sulfide) groups is 1. The molecule has 2 aromatic carbocycles. The molecule has 0 saturated heterocycles. The third-order valence-electron chi connectivity index (χ3n) is 4.02. The van der Waals surface area contributed by atoms with Gasteiger partial charge in [0.05, 0.1) is 5.75 Å². The van der Waals surface area contributed by atoms with Crippen molar-refractivity contribution in [2.75, 3.05) is 17.6 Å². The Bertz CT molecular complexity index is 969. The van der Waals surface area contributed by atoms with Crippen molar-refractivity contribution in [1.29, 1.82) is 0 Å². The summed E-state index contributed by atoms with van der Waals surface area (Å²) in [5.41, 5.74) is 3.84. The molecule has 0 bridgehead atoms. The smallest absolute Gasteiger partial charge is 0.257 e. The molecular formula is C21H22N4O2S2. The average Bonchev–Trinajstić information content (AvgIpc) is 3.14. The van der Waals surface area contributed by atoms with E-state index in [1.165, 1.54) is 28.7 Å². The van der Waals surface area contributed by atoms with Gasteiger partial charge in [-0.1, -0.05) is 70.6 Å². The zero-order valence-corrected chi connectivity index (χ0v) is 17.9. The summed E-state index contributed by atoms with van der Waals surface area (Å²) in [7, 11) is 0. The molecule has 150 valence electrons. The fourth-order valence-electron chi connectivity index (χ4n) is 2.76. The van der Waals surface area contributed by atoms with Gasteiger partial charge in [-0.25, -0.2) is 0 Å². The van der Waals surface area contributed by atoms with Crippen molar-refractivity contribution in [3.63, 3.8) is 0 Å². The van der Waals surface area contributed by atoms with E-state index in [1.54, 1.807) is 0 Å². The van der Waals surface area contributed by atoms with E-state index in [2.05, 4.69) is 20.8 Å². The number of nitrogens with zero attached hydrogens (tertiary/aromatic N) is 2. The number of amides is 2. The molecule has 0 fully saturated rings. The van der Waals surface area contributed by atoms with Crippen molar-refractivity contribution >= 4 is 40.0 Å². The van der Waals surface area contributed by atoms with Gasteiger partial charge in [0.1, 0.15) is 0 Å². The highest BCUT2D eigenvalue weighted by molar-refractivity contribution is 8.01. The highest BCUT2D eigenvalue weighted by Crippen LogP contribution is 2.25. The predicted octanol–water partition coefficient (Wildman–Crippen LogP) is 3.86. The number of anilines is 1. The van der Waals surface area contributed by atoms with E-state index in [1.807, 2.05) is 62.4 Å². The lowest BCUT2D eigenvalue weighted by atomic mass is 10.1. The molecule has 0 spiro atoms. The number of carbonyl (C=O) groups excluding carboxylic acids is 2. The molecule has 0 aliphatic rings. The molecule has 8 heteroatoms. The summed E-state index contributed by atoms with van der Waals surface area (Å²) < 4.78 is 0.638. The van der Waals surface area contributed by atoms with Gasteiger partial charge in [-0.05, 0) is 38.0 Å². The van der Waals surface area contributed by atoms with Crippen LogP contribution in [0.1, 0.15) is 27.0 Å². The van der Waals surface area contributed by atoms with Gasteiger partial charge in [0.25, 0.3) is 5.91 Å². The van der Waals surface area contributed by atoms with Crippen LogP contribution in [0.5, 0.6) is 0 Å². The minimum Gasteiger partial charge on any atom is -0.355 e. The quantitative estimate of drug-likeness (QED) is 0.422. The number of hydrogen-bond donors (Lipinski definition) is 2. The zero-order chi connectivity index (χ0) is 20.6. The largest absolute Gasteiger partial charge is 0.355 e. The highest BCUT2D eigenvalue weighted by atomic mass is 32.2. The first-order valence-corrected chi connectivity index (χ1v) is 11.0. The Kier molecular flexibility index (Phi) is 7.37. The van der Waals surface area contributed by atoms with Crippen LogP contribution in [-0.2, 0) is 11.2 Å². The van der Waals surface area contributed by atoms with Crippen LogP contribution in [0, 0.1) is 13.8 Å². The van der Waals surface area contributed by atoms with Crippen LogP contribution < -0.4 is 10.6 Å². The van der Waals surface area contributed by atoms with E-state index in [4.69, 9.17) is 0 Å². The number of nitrogens with one attached hydrogen (secondary N) is 2. The van der Waals surface area contributed by atoms with E-state index in [9.17, 15) is 9.59 Å². The molecule has 3 rings (SSSR count). The molecule has 2 N–H and O–H groups in total. The Morgan fingerprint density at radius 1 is 1.03 bits per heavy atom. The second-order valence-electron chi connectivity index (χ2n) is 6.58. The molecule has 0 unspecified atom stereocenters. The fraction of sp³-hybridized carbons (Fsp3) is 0.238. The lowest BCUT2D eigenvalue weighted by Gasteiger charge is -2.04. The lowest BCUT2D eigenvalue weighted by molar-refractivity contribution is -0.118. The van der Waals surface area contributed by atoms with Crippen molar-refractivity contribution in [3.05, 3.63) is 70.8 Å². The van der Waals surface area contributed by atoms with E-state index in [0.717, 1.165) is 17.5 Å². The standard InChI is InChI=1S/C21H22N4O2S2/c1-14-10-15(2)12-17(11-14)19(27)23-20-24-25-21(29-20)28-13-18(26)22-9-8-16-6-4-3-5-7-16/h3-7,10-12H,8-9,13H2,1-2H3,(H,22,26)(H,23,24,27). The first-order valence-electron chi connectivity index (χ1n) is 9.16. The second-order valence-corrected chi connectivity index (χ2v) is 8.78. The molecule has 0 atom stereocenters. The highest BCUT2D eigenvalue weighted by Gasteiger charge is 2.12. The number of hydrogen-bond acceptors (Lipinski definition) is 6. The van der Waals surface area contributed by atoms with Crippen molar-refractivity contribution in [2.24, 2.45) is 0 Å². The Morgan fingerprint density at radius 3 is 2.48 bits per heavy atom. The van der Waals surface area contributed by atoms with Gasteiger partial charge in [0, 0.05) is 12.1 Å². The maximum Gasteiger partial charge on any atom is 0.257 e. The normalized spacial score (nSPS) is 10.6. The first-order chi connectivity index (χ1) is 14.0. The summed E-state index contributed by atoms with van der Waals surface area (Å²) in [5.74, 6) is -0.0147. The molecule has 1 heterocycles. The van der Waals surface area contributed by atoms with Gasteiger partial charge < -0.3 is 5.32 Å². The van der Waals surface area contributed by atoms with E-state index >= 15 is 0 Å². The Balaban J connectivity index is 1.43. The maximum absolute atomic E-state index is 12.4. The summed E-state index contributed by atoms with van der Waals surface area (Å²) in [6, 6.07) is 15.7. The second kappa shape index (κ2) is 10.2. The van der Waals surface area contributed by atoms with Crippen molar-refractivity contribution in [3.8, 4) is 0 Å². The molecule has 0 saturated carbocycles. The van der Waals surface area contributed by atoms with E-state index < -0.39 is 0 Å². The van der Waals surface area contributed by atoms with Gasteiger partial charge in [-0.15, -0.1) is 10.2 Å². The number of benzene rings is 2. The van der Waals surface area contributed by atoms with Crippen molar-refractivity contribution < 1.29 is 9.59 Å². The third kappa shape index (κ3) is 6.69. The lowest BCUT2D eigenvalue weighted by Crippen LogP contribution is -2.27. The minimum absolute atomic E-state index is 0.0537. The van der Waals surface area contributed by atoms with Crippen molar-refractivity contribution in [2.45, 2.75) is 24.6 Å². The molecule has 0 aliphatic carbocycles. The van der Waals surface area contributed by atoms with Crippen LogP contribution in [0.25, 0.3) is 0 Å². The Labute approximate surface area is 178 Å². The van der Waals surface area contributed by atoms with Crippen LogP contribution in [0.4, 0.5) is 5.13 Å². The van der Waals surface area contributed by atoms with E-state index in [0.29, 0.717) is 21.6 Å². The van der Waals surface area contributed by atoms with Gasteiger partial charge in [-0.3, -0.25) is 14.9 Å². The monoisotopic (exact) mass is 426 g/mol. The predicted molar refractivity (Wildman–Crippen MR) is 118 cm³/mol. The molecule has 3 aromatic rings. The number of carbonyl (C=O) groups is 2. The number of rotatable bonds is 8. The first kappa shape index (κ1) is 21.0. The molecule has 0 aliphatic heterocycles. The third-order valence-corrected chi connectivity index (χ3v) is 5.99. The van der Waals surface area contributed by atoms with Gasteiger partial charge >= 0.3 is 0 Å². The molecule has 2 amide bonds. The van der Waals surface area contributed by atoms with Crippen LogP contribution >= 0.6 is 23.1 Å². The zero-order valence-electron chi connectivity index (χ0n) is 16.3. The SMILES string of the molecule is Cc1cc(C)cc(C(=O)Nc2nnc(SCC(=O)NCCc3ccccc3)s2)c1. The minimum atomic E-state index is -0.219. The van der Waals surface area contributed by atoms with Gasteiger partial charge in [0.15, 0.2) is 4.34 Å². The van der Waals surface area contributed by atoms with E-state index in [-0.39, 0.29) is 17.6 Å². The summed E-state index contributed by atoms with van der Waals surface area (Å²) in [4.78, 5) is 24.4. The molecule has 29 heavy (non-hydrogen) atoms. The summed E-state index contributed by atoms with van der Waals surface area (Å²) >= 11 is 2.56. The van der Waals surface area contributed by atoms with Gasteiger partial charge in [0.2, 0.25) is 11.0 Å². The van der Waals surface area contributed by atoms with Crippen LogP contribution in [0.15, 0.2) is 52.9 Å². The fourth-order valence-corrected chi connectivity index (χ4v) is 4.34. The Hall–Kier alpha value is -2.71. The number of aromatic nitrogens is 2. The maximum atomic E-state index is 12.4. The van der Waals surface area contributed by atoms with Crippen LogP contribution in [-0.4, -0.2) is 34.3 Å². The topological polar surface area (TPSA) is 84.0 Å². The number of aryl methyl sites for hydroxylation is 2. The summed E-state index contributed by atoms with van der Waals surface area (Å²) in [6.45, 7) is 4.50. The van der Waals surface area contributed by atoms with Gasteiger partial charge in [-0.2, -0.15) is 0 Å². The van der Waals surface area contributed by atoms with Crippen LogP contribution in [0.2, 0.25) is 0 Å². The molecule has 6 nitrogen and oxygen atoms in total. The molecule has 0 radical (unpaired) electrons. The molecule has 1 aromatic heterocycles. The summed E-state index contributed by atoms with van der Waals surface area (Å²) in [5, 5.41) is 14.1.